The van der Waals surface area contributed by atoms with E-state index >= 15 is 0 Å². The van der Waals surface area contributed by atoms with E-state index in [1.807, 2.05) is 12.3 Å². The van der Waals surface area contributed by atoms with Crippen molar-refractivity contribution in [3.63, 3.8) is 0 Å². The van der Waals surface area contributed by atoms with Gasteiger partial charge in [0.05, 0.1) is 42.6 Å². The highest BCUT2D eigenvalue weighted by atomic mass is 16.3. The molecule has 1 unspecified atom stereocenters. The fourth-order valence-corrected chi connectivity index (χ4v) is 3.86. The van der Waals surface area contributed by atoms with Gasteiger partial charge in [-0.2, -0.15) is 5.26 Å². The van der Waals surface area contributed by atoms with E-state index in [1.165, 1.54) is 12.8 Å². The third-order valence-corrected chi connectivity index (χ3v) is 5.35. The molecule has 7 heteroatoms. The van der Waals surface area contributed by atoms with E-state index in [-0.39, 0.29) is 6.04 Å². The van der Waals surface area contributed by atoms with Crippen molar-refractivity contribution in [3.8, 4) is 6.07 Å². The monoisotopic (exact) mass is 402 g/mol. The van der Waals surface area contributed by atoms with Gasteiger partial charge in [-0.05, 0) is 50.1 Å². The highest BCUT2D eigenvalue weighted by Gasteiger charge is 2.26. The third kappa shape index (κ3) is 4.84. The molecule has 0 aliphatic carbocycles. The van der Waals surface area contributed by atoms with Crippen LogP contribution in [0.25, 0.3) is 0 Å². The lowest BCUT2D eigenvalue weighted by atomic mass is 9.99. The number of aromatic nitrogens is 3. The molecular weight excluding hydrogens is 376 g/mol. The van der Waals surface area contributed by atoms with Crippen LogP contribution >= 0.6 is 0 Å². The summed E-state index contributed by atoms with van der Waals surface area (Å²) in [5, 5.41) is 12.0. The van der Waals surface area contributed by atoms with Crippen LogP contribution < -0.4 is 5.32 Å². The molecule has 1 N–H and O–H groups in total. The first-order valence-corrected chi connectivity index (χ1v) is 10.5. The van der Waals surface area contributed by atoms with Crippen molar-refractivity contribution in [1.82, 2.24) is 19.9 Å². The quantitative estimate of drug-likeness (QED) is 0.609. The van der Waals surface area contributed by atoms with E-state index in [1.54, 1.807) is 24.5 Å². The van der Waals surface area contributed by atoms with Crippen molar-refractivity contribution in [2.24, 2.45) is 0 Å². The smallest absolute Gasteiger partial charge is 0.148 e. The number of furan rings is 1. The van der Waals surface area contributed by atoms with Gasteiger partial charge in [0.25, 0.3) is 0 Å². The van der Waals surface area contributed by atoms with Gasteiger partial charge in [-0.15, -0.1) is 0 Å². The molecule has 7 nitrogen and oxygen atoms in total. The van der Waals surface area contributed by atoms with Gasteiger partial charge in [-0.25, -0.2) is 9.97 Å². The summed E-state index contributed by atoms with van der Waals surface area (Å²) < 4.78 is 6.00. The van der Waals surface area contributed by atoms with Gasteiger partial charge in [0.2, 0.25) is 0 Å². The maximum atomic E-state index is 8.85. The Morgan fingerprint density at radius 3 is 2.73 bits per heavy atom. The number of aryl methyl sites for hydroxylation is 1. The lowest BCUT2D eigenvalue weighted by molar-refractivity contribution is 0.126. The zero-order valence-corrected chi connectivity index (χ0v) is 17.2. The van der Waals surface area contributed by atoms with Gasteiger partial charge in [0.1, 0.15) is 29.1 Å². The zero-order chi connectivity index (χ0) is 20.8. The number of hydrogen-bond acceptors (Lipinski definition) is 7. The van der Waals surface area contributed by atoms with Crippen molar-refractivity contribution in [1.29, 1.82) is 5.26 Å². The first-order valence-electron chi connectivity index (χ1n) is 10.5. The third-order valence-electron chi connectivity index (χ3n) is 5.35. The minimum Gasteiger partial charge on any atom is -0.465 e. The molecule has 1 atom stereocenters. The normalized spacial score (nSPS) is 16.9. The molecule has 0 bridgehead atoms. The first-order chi connectivity index (χ1) is 14.7. The second-order valence-electron chi connectivity index (χ2n) is 7.60. The van der Waals surface area contributed by atoms with Crippen molar-refractivity contribution in [2.45, 2.75) is 51.6 Å². The maximum absolute atomic E-state index is 8.85. The van der Waals surface area contributed by atoms with E-state index in [2.05, 4.69) is 44.2 Å². The molecule has 0 spiro atoms. The summed E-state index contributed by atoms with van der Waals surface area (Å²) in [5.74, 6) is 2.74. The van der Waals surface area contributed by atoms with Crippen LogP contribution in [0.3, 0.4) is 0 Å². The number of nitrogens with one attached hydrogen (secondary N) is 1. The molecule has 1 fully saturated rings. The second kappa shape index (κ2) is 9.51. The molecule has 3 aromatic heterocycles. The molecule has 1 aliphatic heterocycles. The molecule has 0 radical (unpaired) electrons. The summed E-state index contributed by atoms with van der Waals surface area (Å²) >= 11 is 0. The van der Waals surface area contributed by atoms with Gasteiger partial charge < -0.3 is 9.73 Å². The number of pyridine rings is 1. The van der Waals surface area contributed by atoms with E-state index < -0.39 is 0 Å². The van der Waals surface area contributed by atoms with Crippen molar-refractivity contribution in [2.75, 3.05) is 11.9 Å². The highest BCUT2D eigenvalue weighted by Crippen LogP contribution is 2.31. The number of anilines is 2. The zero-order valence-electron chi connectivity index (χ0n) is 17.2. The fraction of sp³-hybridized carbons (Fsp3) is 0.391. The lowest BCUT2D eigenvalue weighted by Crippen LogP contribution is -2.33. The Hall–Kier alpha value is -3.24. The van der Waals surface area contributed by atoms with Gasteiger partial charge in [0, 0.05) is 6.42 Å². The van der Waals surface area contributed by atoms with Gasteiger partial charge >= 0.3 is 0 Å². The molecule has 30 heavy (non-hydrogen) atoms. The summed E-state index contributed by atoms with van der Waals surface area (Å²) in [7, 11) is 0. The number of nitrogens with zero attached hydrogens (tertiary/aromatic N) is 5. The molecule has 0 saturated carbocycles. The summed E-state index contributed by atoms with van der Waals surface area (Å²) in [6.07, 6.45) is 10.8. The van der Waals surface area contributed by atoms with Crippen LogP contribution in [-0.2, 0) is 13.0 Å². The molecule has 1 aliphatic rings. The Balaban J connectivity index is 1.43. The fourth-order valence-electron chi connectivity index (χ4n) is 3.86. The Morgan fingerprint density at radius 1 is 1.10 bits per heavy atom. The van der Waals surface area contributed by atoms with E-state index in [0.717, 1.165) is 55.3 Å². The molecule has 4 heterocycles. The topological polar surface area (TPSA) is 90.9 Å². The van der Waals surface area contributed by atoms with Crippen LogP contribution in [0.4, 0.5) is 11.5 Å². The van der Waals surface area contributed by atoms with Gasteiger partial charge in [-0.1, -0.05) is 13.3 Å². The van der Waals surface area contributed by atoms with E-state index in [4.69, 9.17) is 9.68 Å². The van der Waals surface area contributed by atoms with Crippen LogP contribution in [0.5, 0.6) is 0 Å². The molecule has 0 aromatic carbocycles. The van der Waals surface area contributed by atoms with Crippen LogP contribution in [0.2, 0.25) is 0 Å². The second-order valence-corrected chi connectivity index (χ2v) is 7.60. The predicted octanol–water partition coefficient (Wildman–Crippen LogP) is 4.76. The highest BCUT2D eigenvalue weighted by molar-refractivity contribution is 5.54. The van der Waals surface area contributed by atoms with Crippen molar-refractivity contribution in [3.05, 3.63) is 65.8 Å². The van der Waals surface area contributed by atoms with Crippen molar-refractivity contribution >= 4 is 11.5 Å². The Morgan fingerprint density at radius 2 is 2.00 bits per heavy atom. The average molecular weight is 403 g/mol. The summed E-state index contributed by atoms with van der Waals surface area (Å²) in [4.78, 5) is 15.7. The molecule has 154 valence electrons. The summed E-state index contributed by atoms with van der Waals surface area (Å²) in [6, 6.07) is 9.93. The van der Waals surface area contributed by atoms with Gasteiger partial charge in [-0.3, -0.25) is 9.88 Å². The lowest BCUT2D eigenvalue weighted by Gasteiger charge is -2.34. The Bertz CT molecular complexity index is 990. The minimum absolute atomic E-state index is 0.247. The molecule has 4 rings (SSSR count). The number of rotatable bonds is 7. The first kappa shape index (κ1) is 20.0. The average Bonchev–Trinajstić information content (AvgIpc) is 3.22. The number of piperidine rings is 1. The number of nitriles is 1. The summed E-state index contributed by atoms with van der Waals surface area (Å²) in [5.41, 5.74) is 2.15. The van der Waals surface area contributed by atoms with Crippen LogP contribution in [0.15, 0.2) is 47.3 Å². The Labute approximate surface area is 176 Å². The molecule has 0 amide bonds. The van der Waals surface area contributed by atoms with E-state index in [9.17, 15) is 0 Å². The number of hydrogen-bond donors (Lipinski definition) is 1. The number of likely N-dealkylation sites (tertiary alicyclic amines) is 1. The maximum Gasteiger partial charge on any atom is 0.148 e. The van der Waals surface area contributed by atoms with Crippen molar-refractivity contribution < 1.29 is 4.42 Å². The minimum atomic E-state index is 0.247. The molecular formula is C23H26N6O. The van der Waals surface area contributed by atoms with Gasteiger partial charge in [0.15, 0.2) is 0 Å². The van der Waals surface area contributed by atoms with Crippen LogP contribution in [-0.4, -0.2) is 26.4 Å². The van der Waals surface area contributed by atoms with E-state index in [0.29, 0.717) is 11.5 Å². The standard InChI is InChI=1S/C23H26N6O/c1-2-5-19-9-10-20(30-19)16-29-11-4-3-6-22(29)21-14-27-23(15-26-21)28-18-8-7-17(12-24)25-13-18/h7-10,13-15,22H,2-6,11,16H2,1H3,(H,27,28). The SMILES string of the molecule is CCCc1ccc(CN2CCCCC2c2cnc(Nc3ccc(C#N)nc3)cn2)o1. The Kier molecular flexibility index (Phi) is 6.35. The molecule has 3 aromatic rings. The molecule has 1 saturated heterocycles. The largest absolute Gasteiger partial charge is 0.465 e. The predicted molar refractivity (Wildman–Crippen MR) is 114 cm³/mol. The van der Waals surface area contributed by atoms with Crippen LogP contribution in [0, 0.1) is 11.3 Å². The van der Waals surface area contributed by atoms with Crippen LogP contribution in [0.1, 0.15) is 61.6 Å². The summed E-state index contributed by atoms with van der Waals surface area (Å²) in [6.45, 7) is 4.00.